The third-order valence-electron chi connectivity index (χ3n) is 3.00. The van der Waals surface area contributed by atoms with Crippen molar-refractivity contribution >= 4 is 22.5 Å². The number of amides is 1. The molecule has 0 saturated heterocycles. The molecule has 4 nitrogen and oxygen atoms in total. The molecule has 1 amide bonds. The lowest BCUT2D eigenvalue weighted by Crippen LogP contribution is -2.11. The second kappa shape index (κ2) is 5.01. The highest BCUT2D eigenvalue weighted by Crippen LogP contribution is 2.22. The molecule has 2 aromatic carbocycles. The maximum atomic E-state index is 12.2. The van der Waals surface area contributed by atoms with Crippen molar-refractivity contribution < 1.29 is 9.90 Å². The average molecular weight is 264 g/mol. The Bertz CT molecular complexity index is 779. The van der Waals surface area contributed by atoms with Crippen LogP contribution in [0.3, 0.4) is 0 Å². The molecule has 0 atom stereocenters. The van der Waals surface area contributed by atoms with Gasteiger partial charge in [0, 0.05) is 17.1 Å². The maximum Gasteiger partial charge on any atom is 0.255 e. The topological polar surface area (TPSA) is 62.2 Å². The Morgan fingerprint density at radius 3 is 2.75 bits per heavy atom. The number of fused-ring (bicyclic) bond motifs is 1. The lowest BCUT2D eigenvalue weighted by Gasteiger charge is -2.08. The quantitative estimate of drug-likeness (QED) is 0.747. The summed E-state index contributed by atoms with van der Waals surface area (Å²) >= 11 is 0. The van der Waals surface area contributed by atoms with E-state index in [1.54, 1.807) is 18.3 Å². The van der Waals surface area contributed by atoms with E-state index in [4.69, 9.17) is 0 Å². The van der Waals surface area contributed by atoms with Crippen LogP contribution in [0.25, 0.3) is 10.9 Å². The molecule has 0 aliphatic rings. The molecule has 3 aromatic rings. The fraction of sp³-hybridized carbons (Fsp3) is 0. The second-order valence-electron chi connectivity index (χ2n) is 4.38. The number of carbonyl (C=O) groups excluding carboxylic acids is 1. The first-order valence-electron chi connectivity index (χ1n) is 6.18. The van der Waals surface area contributed by atoms with Crippen LogP contribution in [-0.2, 0) is 0 Å². The molecule has 0 bridgehead atoms. The minimum absolute atomic E-state index is 0.0669. The zero-order valence-corrected chi connectivity index (χ0v) is 10.6. The molecule has 0 fully saturated rings. The van der Waals surface area contributed by atoms with Gasteiger partial charge in [-0.15, -0.1) is 0 Å². The van der Waals surface area contributed by atoms with Crippen molar-refractivity contribution in [2.75, 3.05) is 5.32 Å². The summed E-state index contributed by atoms with van der Waals surface area (Å²) in [6.45, 7) is 0. The van der Waals surface area contributed by atoms with Crippen LogP contribution >= 0.6 is 0 Å². The van der Waals surface area contributed by atoms with Gasteiger partial charge >= 0.3 is 0 Å². The second-order valence-corrected chi connectivity index (χ2v) is 4.38. The van der Waals surface area contributed by atoms with Crippen LogP contribution in [0.1, 0.15) is 10.4 Å². The van der Waals surface area contributed by atoms with Crippen LogP contribution in [0.4, 0.5) is 5.69 Å². The van der Waals surface area contributed by atoms with Crippen molar-refractivity contribution in [3.05, 3.63) is 66.4 Å². The molecule has 0 radical (unpaired) electrons. The number of aromatic hydroxyl groups is 1. The zero-order valence-electron chi connectivity index (χ0n) is 10.6. The Morgan fingerprint density at radius 1 is 1.05 bits per heavy atom. The van der Waals surface area contributed by atoms with E-state index in [0.717, 1.165) is 10.9 Å². The third kappa shape index (κ3) is 2.31. The number of hydrogen-bond acceptors (Lipinski definition) is 3. The first kappa shape index (κ1) is 12.2. The number of benzene rings is 2. The van der Waals surface area contributed by atoms with E-state index in [0.29, 0.717) is 11.3 Å². The summed E-state index contributed by atoms with van der Waals surface area (Å²) in [6, 6.07) is 15.5. The van der Waals surface area contributed by atoms with Crippen LogP contribution in [-0.4, -0.2) is 16.0 Å². The molecule has 0 aliphatic carbocycles. The SMILES string of the molecule is O=C(Nc1cccc2ncccc12)c1cccc(O)c1. The molecule has 98 valence electrons. The van der Waals surface area contributed by atoms with Crippen molar-refractivity contribution in [2.24, 2.45) is 0 Å². The number of phenolic OH excluding ortho intramolecular Hbond substituents is 1. The molecule has 2 N–H and O–H groups in total. The van der Waals surface area contributed by atoms with Gasteiger partial charge in [0.05, 0.1) is 11.2 Å². The van der Waals surface area contributed by atoms with Crippen molar-refractivity contribution in [3.63, 3.8) is 0 Å². The predicted molar refractivity (Wildman–Crippen MR) is 77.8 cm³/mol. The Morgan fingerprint density at radius 2 is 1.90 bits per heavy atom. The number of hydrogen-bond donors (Lipinski definition) is 2. The summed E-state index contributed by atoms with van der Waals surface area (Å²) in [6.07, 6.45) is 1.71. The Balaban J connectivity index is 1.95. The van der Waals surface area contributed by atoms with Gasteiger partial charge in [-0.25, -0.2) is 0 Å². The standard InChI is InChI=1S/C16H12N2O2/c19-12-5-1-4-11(10-12)16(20)18-15-8-2-7-14-13(15)6-3-9-17-14/h1-10,19H,(H,18,20). The van der Waals surface area contributed by atoms with Crippen molar-refractivity contribution in [1.29, 1.82) is 0 Å². The van der Waals surface area contributed by atoms with Crippen LogP contribution in [0, 0.1) is 0 Å². The zero-order chi connectivity index (χ0) is 13.9. The number of phenols is 1. The van der Waals surface area contributed by atoms with E-state index in [-0.39, 0.29) is 11.7 Å². The highest BCUT2D eigenvalue weighted by atomic mass is 16.3. The summed E-state index contributed by atoms with van der Waals surface area (Å²) in [7, 11) is 0. The van der Waals surface area contributed by atoms with Gasteiger partial charge in [-0.1, -0.05) is 12.1 Å². The Kier molecular flexibility index (Phi) is 3.05. The van der Waals surface area contributed by atoms with Crippen LogP contribution < -0.4 is 5.32 Å². The first-order chi connectivity index (χ1) is 9.74. The summed E-state index contributed by atoms with van der Waals surface area (Å²) in [5, 5.41) is 13.1. The normalized spacial score (nSPS) is 10.4. The molecule has 0 spiro atoms. The molecule has 4 heteroatoms. The summed E-state index contributed by atoms with van der Waals surface area (Å²) in [5.74, 6) is -0.200. The predicted octanol–water partition coefficient (Wildman–Crippen LogP) is 3.19. The van der Waals surface area contributed by atoms with E-state index in [9.17, 15) is 9.90 Å². The van der Waals surface area contributed by atoms with E-state index in [1.165, 1.54) is 12.1 Å². The van der Waals surface area contributed by atoms with Crippen molar-refractivity contribution in [2.45, 2.75) is 0 Å². The van der Waals surface area contributed by atoms with Gasteiger partial charge in [0.15, 0.2) is 0 Å². The van der Waals surface area contributed by atoms with Gasteiger partial charge in [0.2, 0.25) is 0 Å². The van der Waals surface area contributed by atoms with Gasteiger partial charge in [0.25, 0.3) is 5.91 Å². The highest BCUT2D eigenvalue weighted by Gasteiger charge is 2.08. The Labute approximate surface area is 115 Å². The molecule has 0 saturated carbocycles. The smallest absolute Gasteiger partial charge is 0.255 e. The van der Waals surface area contributed by atoms with E-state index in [2.05, 4.69) is 10.3 Å². The molecule has 3 rings (SSSR count). The van der Waals surface area contributed by atoms with Crippen LogP contribution in [0.5, 0.6) is 5.75 Å². The monoisotopic (exact) mass is 264 g/mol. The van der Waals surface area contributed by atoms with E-state index >= 15 is 0 Å². The maximum absolute atomic E-state index is 12.2. The number of carbonyl (C=O) groups is 1. The fourth-order valence-electron chi connectivity index (χ4n) is 2.05. The number of nitrogens with one attached hydrogen (secondary N) is 1. The molecular weight excluding hydrogens is 252 g/mol. The number of anilines is 1. The molecule has 1 aromatic heterocycles. The Hall–Kier alpha value is -2.88. The first-order valence-corrected chi connectivity index (χ1v) is 6.18. The number of pyridine rings is 1. The van der Waals surface area contributed by atoms with Gasteiger partial charge < -0.3 is 10.4 Å². The lowest BCUT2D eigenvalue weighted by atomic mass is 10.1. The minimum atomic E-state index is -0.266. The number of rotatable bonds is 2. The molecule has 20 heavy (non-hydrogen) atoms. The number of aromatic nitrogens is 1. The van der Waals surface area contributed by atoms with Crippen molar-refractivity contribution in [3.8, 4) is 5.75 Å². The van der Waals surface area contributed by atoms with Gasteiger partial charge in [0.1, 0.15) is 5.75 Å². The number of nitrogens with zero attached hydrogens (tertiary/aromatic N) is 1. The fourth-order valence-corrected chi connectivity index (χ4v) is 2.05. The van der Waals surface area contributed by atoms with Crippen molar-refractivity contribution in [1.82, 2.24) is 4.98 Å². The van der Waals surface area contributed by atoms with Crippen LogP contribution in [0.2, 0.25) is 0 Å². The lowest BCUT2D eigenvalue weighted by molar-refractivity contribution is 0.102. The molecule has 1 heterocycles. The third-order valence-corrected chi connectivity index (χ3v) is 3.00. The molecule has 0 unspecified atom stereocenters. The minimum Gasteiger partial charge on any atom is -0.508 e. The van der Waals surface area contributed by atoms with E-state index in [1.807, 2.05) is 30.3 Å². The highest BCUT2D eigenvalue weighted by molar-refractivity contribution is 6.08. The van der Waals surface area contributed by atoms with Crippen LogP contribution in [0.15, 0.2) is 60.8 Å². The van der Waals surface area contributed by atoms with E-state index < -0.39 is 0 Å². The van der Waals surface area contributed by atoms with Gasteiger partial charge in [-0.3, -0.25) is 9.78 Å². The summed E-state index contributed by atoms with van der Waals surface area (Å²) in [4.78, 5) is 16.4. The molecule has 0 aliphatic heterocycles. The largest absolute Gasteiger partial charge is 0.508 e. The molecular formula is C16H12N2O2. The van der Waals surface area contributed by atoms with Gasteiger partial charge in [-0.05, 0) is 42.5 Å². The van der Waals surface area contributed by atoms with Gasteiger partial charge in [-0.2, -0.15) is 0 Å². The average Bonchev–Trinajstić information content (AvgIpc) is 2.47. The summed E-state index contributed by atoms with van der Waals surface area (Å²) in [5.41, 5.74) is 1.93. The summed E-state index contributed by atoms with van der Waals surface area (Å²) < 4.78 is 0.